The van der Waals surface area contributed by atoms with Gasteiger partial charge in [0.25, 0.3) is 5.91 Å². The minimum absolute atomic E-state index is 0.119. The predicted molar refractivity (Wildman–Crippen MR) is 99.8 cm³/mol. The molecule has 2 fully saturated rings. The maximum Gasteiger partial charge on any atom is 0.264 e. The van der Waals surface area contributed by atoms with Gasteiger partial charge in [-0.25, -0.2) is 4.39 Å². The Morgan fingerprint density at radius 2 is 2.08 bits per heavy atom. The summed E-state index contributed by atoms with van der Waals surface area (Å²) in [5.41, 5.74) is 0.625. The zero-order chi connectivity index (χ0) is 17.7. The van der Waals surface area contributed by atoms with Crippen LogP contribution in [0.4, 0.5) is 10.1 Å². The van der Waals surface area contributed by atoms with E-state index in [1.165, 1.54) is 17.4 Å². The highest BCUT2D eigenvalue weighted by molar-refractivity contribution is 7.12. The van der Waals surface area contributed by atoms with Gasteiger partial charge in [-0.15, -0.1) is 11.3 Å². The van der Waals surface area contributed by atoms with Gasteiger partial charge in [-0.3, -0.25) is 4.79 Å². The second kappa shape index (κ2) is 5.84. The van der Waals surface area contributed by atoms with Crippen LogP contribution >= 0.6 is 11.3 Å². The number of rotatable bonds is 2. The molecule has 2 aliphatic heterocycles. The Hall–Kier alpha value is -1.88. The molecule has 1 atom stereocenters. The molecule has 0 saturated carbocycles. The number of benzene rings is 1. The molecule has 0 aliphatic carbocycles. The van der Waals surface area contributed by atoms with Gasteiger partial charge < -0.3 is 9.80 Å². The van der Waals surface area contributed by atoms with Crippen LogP contribution in [0.25, 0.3) is 0 Å². The fourth-order valence-corrected chi connectivity index (χ4v) is 5.36. The average molecular weight is 358 g/mol. The first-order chi connectivity index (χ1) is 11.9. The molecule has 1 spiro atoms. The smallest absolute Gasteiger partial charge is 0.264 e. The quantitative estimate of drug-likeness (QED) is 0.786. The first-order valence-corrected chi connectivity index (χ1v) is 9.68. The molecule has 4 rings (SSSR count). The van der Waals surface area contributed by atoms with Crippen molar-refractivity contribution in [3.63, 3.8) is 0 Å². The van der Waals surface area contributed by atoms with Crippen molar-refractivity contribution in [2.45, 2.75) is 44.2 Å². The van der Waals surface area contributed by atoms with Crippen LogP contribution in [0.3, 0.4) is 0 Å². The number of hydrogen-bond acceptors (Lipinski definition) is 3. The highest BCUT2D eigenvalue weighted by Crippen LogP contribution is 2.47. The van der Waals surface area contributed by atoms with E-state index in [1.807, 2.05) is 23.6 Å². The van der Waals surface area contributed by atoms with E-state index in [4.69, 9.17) is 0 Å². The summed E-state index contributed by atoms with van der Waals surface area (Å²) in [6.45, 7) is 5.96. The summed E-state index contributed by atoms with van der Waals surface area (Å²) in [5, 5.41) is 1.95. The van der Waals surface area contributed by atoms with E-state index < -0.39 is 0 Å². The van der Waals surface area contributed by atoms with Crippen LogP contribution in [0.5, 0.6) is 0 Å². The minimum Gasteiger partial charge on any atom is -0.364 e. The van der Waals surface area contributed by atoms with Gasteiger partial charge >= 0.3 is 0 Å². The van der Waals surface area contributed by atoms with Crippen LogP contribution in [0, 0.1) is 5.82 Å². The SMILES string of the molecule is CC1(C)CC2(CCCN2C(=O)c2cccs2)CN1c1cccc(F)c1. The van der Waals surface area contributed by atoms with Gasteiger partial charge in [-0.05, 0) is 62.8 Å². The van der Waals surface area contributed by atoms with E-state index in [9.17, 15) is 9.18 Å². The lowest BCUT2D eigenvalue weighted by molar-refractivity contribution is 0.0622. The second-order valence-electron chi connectivity index (χ2n) is 7.82. The first-order valence-electron chi connectivity index (χ1n) is 8.80. The molecule has 0 N–H and O–H groups in total. The molecule has 5 heteroatoms. The number of hydrogen-bond donors (Lipinski definition) is 0. The van der Waals surface area contributed by atoms with Gasteiger partial charge in [0.15, 0.2) is 0 Å². The zero-order valence-corrected chi connectivity index (χ0v) is 15.5. The first kappa shape index (κ1) is 16.6. The number of likely N-dealkylation sites (tertiary alicyclic amines) is 1. The Labute approximate surface area is 152 Å². The molecule has 0 radical (unpaired) electrons. The minimum atomic E-state index is -0.216. The Morgan fingerprint density at radius 3 is 2.80 bits per heavy atom. The summed E-state index contributed by atoms with van der Waals surface area (Å²) < 4.78 is 13.7. The second-order valence-corrected chi connectivity index (χ2v) is 8.76. The fourth-order valence-electron chi connectivity index (χ4n) is 4.69. The van der Waals surface area contributed by atoms with E-state index in [2.05, 4.69) is 23.6 Å². The zero-order valence-electron chi connectivity index (χ0n) is 14.7. The van der Waals surface area contributed by atoms with Gasteiger partial charge in [0.2, 0.25) is 0 Å². The number of amides is 1. The summed E-state index contributed by atoms with van der Waals surface area (Å²) in [5.74, 6) is -0.0726. The number of anilines is 1. The molecule has 132 valence electrons. The summed E-state index contributed by atoms with van der Waals surface area (Å²) >= 11 is 1.50. The van der Waals surface area contributed by atoms with Crippen molar-refractivity contribution in [1.82, 2.24) is 4.90 Å². The largest absolute Gasteiger partial charge is 0.364 e. The number of halogens is 1. The lowest BCUT2D eigenvalue weighted by atomic mass is 9.87. The van der Waals surface area contributed by atoms with E-state index in [-0.39, 0.29) is 22.8 Å². The monoisotopic (exact) mass is 358 g/mol. The fraction of sp³-hybridized carbons (Fsp3) is 0.450. The molecular formula is C20H23FN2OS. The van der Waals surface area contributed by atoms with Crippen molar-refractivity contribution in [3.05, 3.63) is 52.5 Å². The van der Waals surface area contributed by atoms with Crippen molar-refractivity contribution in [3.8, 4) is 0 Å². The number of nitrogens with zero attached hydrogens (tertiary/aromatic N) is 2. The summed E-state index contributed by atoms with van der Waals surface area (Å²) in [4.78, 5) is 18.2. The molecule has 0 bridgehead atoms. The lowest BCUT2D eigenvalue weighted by Crippen LogP contribution is -2.49. The molecule has 2 aromatic rings. The average Bonchev–Trinajstić information content (AvgIpc) is 3.26. The maximum absolute atomic E-state index is 13.7. The van der Waals surface area contributed by atoms with Gasteiger partial charge in [-0.2, -0.15) is 0 Å². The molecule has 1 aromatic heterocycles. The van der Waals surface area contributed by atoms with Crippen LogP contribution in [-0.4, -0.2) is 35.0 Å². The molecule has 25 heavy (non-hydrogen) atoms. The molecule has 2 aliphatic rings. The van der Waals surface area contributed by atoms with Gasteiger partial charge in [-0.1, -0.05) is 12.1 Å². The van der Waals surface area contributed by atoms with Crippen molar-refractivity contribution < 1.29 is 9.18 Å². The molecule has 1 unspecified atom stereocenters. The third kappa shape index (κ3) is 2.74. The van der Waals surface area contributed by atoms with Crippen LogP contribution in [-0.2, 0) is 0 Å². The van der Waals surface area contributed by atoms with Crippen molar-refractivity contribution in [2.24, 2.45) is 0 Å². The van der Waals surface area contributed by atoms with Crippen LogP contribution in [0.15, 0.2) is 41.8 Å². The standard InChI is InChI=1S/C20H23FN2OS/c1-19(2)13-20(14-23(19)16-7-3-6-15(21)12-16)9-5-10-22(20)18(24)17-8-4-11-25-17/h3-4,6-8,11-12H,5,9-10,13-14H2,1-2H3. The Morgan fingerprint density at radius 1 is 1.24 bits per heavy atom. The Balaban J connectivity index is 1.67. The summed E-state index contributed by atoms with van der Waals surface area (Å²) in [7, 11) is 0. The Kier molecular flexibility index (Phi) is 3.87. The van der Waals surface area contributed by atoms with Gasteiger partial charge in [0.1, 0.15) is 5.82 Å². The molecular weight excluding hydrogens is 335 g/mol. The number of carbonyl (C=O) groups is 1. The van der Waals surface area contributed by atoms with E-state index in [0.29, 0.717) is 0 Å². The molecule has 1 amide bonds. The summed E-state index contributed by atoms with van der Waals surface area (Å²) in [6, 6.07) is 10.6. The lowest BCUT2D eigenvalue weighted by Gasteiger charge is -2.35. The highest BCUT2D eigenvalue weighted by Gasteiger charge is 2.55. The van der Waals surface area contributed by atoms with Crippen LogP contribution < -0.4 is 4.90 Å². The Bertz CT molecular complexity index is 789. The molecule has 3 nitrogen and oxygen atoms in total. The van der Waals surface area contributed by atoms with Crippen LogP contribution in [0.1, 0.15) is 42.8 Å². The van der Waals surface area contributed by atoms with Gasteiger partial charge in [0, 0.05) is 24.3 Å². The third-order valence-electron chi connectivity index (χ3n) is 5.64. The van der Waals surface area contributed by atoms with E-state index >= 15 is 0 Å². The van der Waals surface area contributed by atoms with Crippen molar-refractivity contribution in [2.75, 3.05) is 18.0 Å². The summed E-state index contributed by atoms with van der Waals surface area (Å²) in [6.07, 6.45) is 2.96. The van der Waals surface area contributed by atoms with Gasteiger partial charge in [0.05, 0.1) is 10.4 Å². The molecule has 1 aromatic carbocycles. The van der Waals surface area contributed by atoms with Crippen molar-refractivity contribution in [1.29, 1.82) is 0 Å². The molecule has 3 heterocycles. The maximum atomic E-state index is 13.7. The van der Waals surface area contributed by atoms with E-state index in [0.717, 1.165) is 42.9 Å². The third-order valence-corrected chi connectivity index (χ3v) is 6.50. The topological polar surface area (TPSA) is 23.6 Å². The number of carbonyl (C=O) groups excluding carboxylic acids is 1. The van der Waals surface area contributed by atoms with Crippen LogP contribution in [0.2, 0.25) is 0 Å². The normalized spacial score (nSPS) is 25.1. The van der Waals surface area contributed by atoms with Crippen molar-refractivity contribution >= 4 is 22.9 Å². The highest BCUT2D eigenvalue weighted by atomic mass is 32.1. The predicted octanol–water partition coefficient (Wildman–Crippen LogP) is 4.55. The van der Waals surface area contributed by atoms with E-state index in [1.54, 1.807) is 12.1 Å². The molecule has 2 saturated heterocycles. The number of thiophene rings is 1.